The van der Waals surface area contributed by atoms with Crippen molar-refractivity contribution >= 4 is 11.2 Å². The Balaban J connectivity index is 3.05. The molecule has 3 nitrogen and oxygen atoms in total. The second-order valence-corrected chi connectivity index (χ2v) is 1.35. The highest BCUT2D eigenvalue weighted by Crippen LogP contribution is 2.15. The molecule has 2 rings (SSSR count). The fraction of sp³-hybridized carbons (Fsp3) is 0. The molecule has 1 N–H and O–H groups in total. The fourth-order valence-corrected chi connectivity index (χ4v) is 0.521. The third-order valence-corrected chi connectivity index (χ3v) is 0.893. The van der Waals surface area contributed by atoms with Gasteiger partial charge in [-0.3, -0.25) is 9.15 Å². The smallest absolute Gasteiger partial charge is 0.243 e. The number of hydrogen-bond donors (Lipinski definition) is 1. The van der Waals surface area contributed by atoms with Gasteiger partial charge in [0.05, 0.1) is 12.4 Å². The summed E-state index contributed by atoms with van der Waals surface area (Å²) >= 11 is 0. The highest BCUT2D eigenvalue weighted by atomic mass is 17.0. The molecule has 0 aromatic carbocycles. The molecule has 2 aromatic rings. The predicted molar refractivity (Wildman–Crippen MR) is 22.8 cm³/mol. The number of nitrogens with one attached hydrogen (secondary N) is 1. The first-order chi connectivity index (χ1) is 3.47. The number of rotatable bonds is 0. The van der Waals surface area contributed by atoms with Crippen LogP contribution in [-0.2, 0) is 0 Å². The van der Waals surface area contributed by atoms with Crippen molar-refractivity contribution in [1.29, 1.82) is 0 Å². The van der Waals surface area contributed by atoms with E-state index in [4.69, 9.17) is 0 Å². The molecular weight excluding hydrogens is 94.0 g/mol. The van der Waals surface area contributed by atoms with Gasteiger partial charge in [-0.05, 0) is 0 Å². The van der Waals surface area contributed by atoms with Gasteiger partial charge < -0.3 is 4.98 Å². The maximum absolute atomic E-state index is 4.48. The predicted octanol–water partition coefficient (Wildman–Crippen LogP) is 1.35. The Bertz CT molecular complexity index is 226. The molecule has 0 saturated heterocycles. The number of aromatic nitrogens is 1. The molecule has 0 unspecified atom stereocenters. The largest absolute Gasteiger partial charge is 0.361 e. The van der Waals surface area contributed by atoms with Gasteiger partial charge in [0, 0.05) is 0 Å². The van der Waals surface area contributed by atoms with Crippen molar-refractivity contribution in [2.45, 2.75) is 0 Å². The van der Waals surface area contributed by atoms with Crippen molar-refractivity contribution in [1.82, 2.24) is 4.98 Å². The first-order valence-electron chi connectivity index (χ1n) is 1.98. The lowest BCUT2D eigenvalue weighted by Crippen LogP contribution is -1.60. The molecule has 2 heterocycles. The minimum absolute atomic E-state index is 0.792. The van der Waals surface area contributed by atoms with Gasteiger partial charge in [0.15, 0.2) is 0 Å². The molecule has 0 aliphatic carbocycles. The molecule has 0 spiro atoms. The van der Waals surface area contributed by atoms with E-state index in [2.05, 4.69) is 14.1 Å². The van der Waals surface area contributed by atoms with Gasteiger partial charge >= 0.3 is 0 Å². The van der Waals surface area contributed by atoms with Crippen LogP contribution >= 0.6 is 0 Å². The molecule has 0 fully saturated rings. The minimum atomic E-state index is 0.792. The van der Waals surface area contributed by atoms with Crippen molar-refractivity contribution < 1.29 is 9.15 Å². The Labute approximate surface area is 38.8 Å². The van der Waals surface area contributed by atoms with Crippen LogP contribution in [0, 0.1) is 0 Å². The van der Waals surface area contributed by atoms with Gasteiger partial charge in [0.25, 0.3) is 0 Å². The van der Waals surface area contributed by atoms with E-state index in [-0.39, 0.29) is 0 Å². The van der Waals surface area contributed by atoms with Crippen LogP contribution < -0.4 is 0 Å². The van der Waals surface area contributed by atoms with Crippen molar-refractivity contribution in [2.24, 2.45) is 0 Å². The third kappa shape index (κ3) is 0.210. The molecule has 0 amide bonds. The maximum atomic E-state index is 4.48. The molecule has 0 aliphatic rings. The zero-order chi connectivity index (χ0) is 4.69. The topological polar surface area (TPSA) is 42.1 Å². The summed E-state index contributed by atoms with van der Waals surface area (Å²) in [4.78, 5) is 2.81. The summed E-state index contributed by atoms with van der Waals surface area (Å²) < 4.78 is 8.97. The summed E-state index contributed by atoms with van der Waals surface area (Å²) in [5.74, 6) is 0. The average Bonchev–Trinajstić information content (AvgIpc) is 1.85. The lowest BCUT2D eigenvalue weighted by Gasteiger charge is -1.83. The number of fused-ring (bicyclic) bond motifs is 1. The summed E-state index contributed by atoms with van der Waals surface area (Å²) in [7, 11) is 0. The van der Waals surface area contributed by atoms with E-state index in [9.17, 15) is 0 Å². The molecule has 0 bridgehead atoms. The van der Waals surface area contributed by atoms with E-state index in [1.54, 1.807) is 12.4 Å². The Morgan fingerprint density at radius 3 is 2.00 bits per heavy atom. The molecule has 2 aromatic heterocycles. The van der Waals surface area contributed by atoms with Crippen LogP contribution in [0.3, 0.4) is 0 Å². The average molecular weight is 97.1 g/mol. The first-order valence-corrected chi connectivity index (χ1v) is 1.98. The van der Waals surface area contributed by atoms with Crippen molar-refractivity contribution in [3.63, 3.8) is 0 Å². The third-order valence-electron chi connectivity index (χ3n) is 0.893. The van der Waals surface area contributed by atoms with Crippen LogP contribution in [-0.4, -0.2) is 4.98 Å². The molecule has 7 heavy (non-hydrogen) atoms. The van der Waals surface area contributed by atoms with Gasteiger partial charge in [-0.15, -0.1) is 0 Å². The zero-order valence-corrected chi connectivity index (χ0v) is 3.47. The SMILES string of the molecule is c1[nH]cc2ooc12. The molecule has 0 aliphatic heterocycles. The van der Waals surface area contributed by atoms with Crippen molar-refractivity contribution in [3.05, 3.63) is 12.4 Å². The second kappa shape index (κ2) is 0.753. The zero-order valence-electron chi connectivity index (χ0n) is 3.47. The van der Waals surface area contributed by atoms with Crippen LogP contribution in [0.15, 0.2) is 21.5 Å². The first kappa shape index (κ1) is 2.96. The monoisotopic (exact) mass is 97.0 g/mol. The van der Waals surface area contributed by atoms with Crippen LogP contribution in [0.2, 0.25) is 0 Å². The van der Waals surface area contributed by atoms with Gasteiger partial charge in [0.1, 0.15) is 0 Å². The van der Waals surface area contributed by atoms with E-state index in [1.807, 2.05) is 0 Å². The lowest BCUT2D eigenvalue weighted by atomic mass is 10.6. The minimum Gasteiger partial charge on any atom is -0.361 e. The Morgan fingerprint density at radius 2 is 1.71 bits per heavy atom. The highest BCUT2D eigenvalue weighted by molar-refractivity contribution is 5.68. The van der Waals surface area contributed by atoms with Gasteiger partial charge in [-0.2, -0.15) is 0 Å². The molecular formula is C4H3NO2. The van der Waals surface area contributed by atoms with Crippen LogP contribution in [0.1, 0.15) is 0 Å². The highest BCUT2D eigenvalue weighted by Gasteiger charge is 2.00. The summed E-state index contributed by atoms with van der Waals surface area (Å²) in [5, 5.41) is 0. The molecule has 36 valence electrons. The van der Waals surface area contributed by atoms with E-state index < -0.39 is 0 Å². The van der Waals surface area contributed by atoms with E-state index in [1.165, 1.54) is 0 Å². The Kier molecular flexibility index (Phi) is 0.318. The van der Waals surface area contributed by atoms with E-state index in [0.717, 1.165) is 11.2 Å². The molecule has 3 heteroatoms. The molecule has 0 saturated carbocycles. The van der Waals surface area contributed by atoms with Crippen LogP contribution in [0.4, 0.5) is 0 Å². The van der Waals surface area contributed by atoms with Crippen molar-refractivity contribution in [2.75, 3.05) is 0 Å². The fourth-order valence-electron chi connectivity index (χ4n) is 0.521. The summed E-state index contributed by atoms with van der Waals surface area (Å²) in [6.45, 7) is 0. The van der Waals surface area contributed by atoms with Crippen LogP contribution in [0.25, 0.3) is 11.2 Å². The number of aromatic amines is 1. The van der Waals surface area contributed by atoms with E-state index in [0.29, 0.717) is 0 Å². The maximum Gasteiger partial charge on any atom is 0.243 e. The Hall–Kier alpha value is -1.12. The molecule has 0 radical (unpaired) electrons. The van der Waals surface area contributed by atoms with Crippen LogP contribution in [0.5, 0.6) is 0 Å². The van der Waals surface area contributed by atoms with Gasteiger partial charge in [0.2, 0.25) is 11.2 Å². The Morgan fingerprint density at radius 1 is 1.14 bits per heavy atom. The van der Waals surface area contributed by atoms with Gasteiger partial charge in [-0.25, -0.2) is 0 Å². The molecule has 0 atom stereocenters. The summed E-state index contributed by atoms with van der Waals surface area (Å²) in [6.07, 6.45) is 3.47. The summed E-state index contributed by atoms with van der Waals surface area (Å²) in [6, 6.07) is 0. The van der Waals surface area contributed by atoms with Gasteiger partial charge in [-0.1, -0.05) is 0 Å². The normalized spacial score (nSPS) is 10.9. The summed E-state index contributed by atoms with van der Waals surface area (Å²) in [5.41, 5.74) is 1.58. The second-order valence-electron chi connectivity index (χ2n) is 1.35. The number of hydrogen-bond acceptors (Lipinski definition) is 2. The standard InChI is InChI=1S/C4H3NO2/c1-3-4(2-5-1)7-6-3/h1-2,5H. The lowest BCUT2D eigenvalue weighted by molar-refractivity contribution is 0.0600. The quantitative estimate of drug-likeness (QED) is 0.504. The number of H-pyrrole nitrogens is 1. The van der Waals surface area contributed by atoms with Crippen molar-refractivity contribution in [3.8, 4) is 0 Å². The van der Waals surface area contributed by atoms with E-state index >= 15 is 0 Å².